The highest BCUT2D eigenvalue weighted by molar-refractivity contribution is 9.12. The number of nitrogens with one attached hydrogen (secondary N) is 1. The second-order valence-electron chi connectivity index (χ2n) is 3.59. The maximum atomic E-state index is 12.1. The molecule has 1 amide bonds. The summed E-state index contributed by atoms with van der Waals surface area (Å²) < 4.78 is 0.409. The van der Waals surface area contributed by atoms with Crippen molar-refractivity contribution >= 4 is 39.4 Å². The minimum absolute atomic E-state index is 0.0668. The topological polar surface area (TPSA) is 46.2 Å². The number of hydrogen-bond acceptors (Lipinski definition) is 3. The number of hydrogen-bond donors (Lipinski definition) is 1. The van der Waals surface area contributed by atoms with Crippen LogP contribution in [0.4, 0.5) is 0 Å². The van der Waals surface area contributed by atoms with E-state index >= 15 is 0 Å². The molecule has 2 rings (SSSR count). The molecule has 17 heavy (non-hydrogen) atoms. The molecule has 3 nitrogen and oxygen atoms in total. The summed E-state index contributed by atoms with van der Waals surface area (Å²) in [6.07, 6.45) is 0. The molecule has 1 aromatic rings. The summed E-state index contributed by atoms with van der Waals surface area (Å²) >= 11 is 4.61. The van der Waals surface area contributed by atoms with E-state index in [0.29, 0.717) is 15.1 Å². The minimum Gasteiger partial charge on any atom is -0.319 e. The van der Waals surface area contributed by atoms with Gasteiger partial charge in [-0.1, -0.05) is 42.1 Å². The van der Waals surface area contributed by atoms with Gasteiger partial charge in [-0.15, -0.1) is 0 Å². The third-order valence-corrected chi connectivity index (χ3v) is 4.46. The molecule has 0 saturated carbocycles. The summed E-state index contributed by atoms with van der Waals surface area (Å²) in [5, 5.41) is 3.13. The highest BCUT2D eigenvalue weighted by atomic mass is 79.9. The van der Waals surface area contributed by atoms with E-state index in [1.54, 1.807) is 31.2 Å². The summed E-state index contributed by atoms with van der Waals surface area (Å²) in [5.41, 5.74) is 0.598. The predicted octanol–water partition coefficient (Wildman–Crippen LogP) is 2.68. The van der Waals surface area contributed by atoms with E-state index in [4.69, 9.17) is 0 Å². The third-order valence-electron chi connectivity index (χ3n) is 2.34. The van der Waals surface area contributed by atoms with Crippen molar-refractivity contribution in [3.63, 3.8) is 0 Å². The van der Waals surface area contributed by atoms with Crippen LogP contribution >= 0.6 is 27.7 Å². The molecule has 0 bridgehead atoms. The molecular formula is C12H10BrNO2S. The molecule has 1 saturated heterocycles. The highest BCUT2D eigenvalue weighted by Crippen LogP contribution is 2.32. The van der Waals surface area contributed by atoms with E-state index in [2.05, 4.69) is 21.2 Å². The van der Waals surface area contributed by atoms with Crippen molar-refractivity contribution in [3.8, 4) is 0 Å². The first-order valence-electron chi connectivity index (χ1n) is 5.06. The lowest BCUT2D eigenvalue weighted by atomic mass is 10.1. The average Bonchev–Trinajstić information content (AvgIpc) is 2.69. The first kappa shape index (κ1) is 12.4. The number of thioether (sulfide) groups is 1. The molecule has 1 atom stereocenters. The predicted molar refractivity (Wildman–Crippen MR) is 71.9 cm³/mol. The van der Waals surface area contributed by atoms with Gasteiger partial charge in [-0.2, -0.15) is 0 Å². The number of allylic oxidation sites excluding steroid dienone is 1. The van der Waals surface area contributed by atoms with Crippen LogP contribution in [-0.4, -0.2) is 16.9 Å². The van der Waals surface area contributed by atoms with Crippen molar-refractivity contribution in [2.75, 3.05) is 0 Å². The Morgan fingerprint density at radius 3 is 2.53 bits per heavy atom. The van der Waals surface area contributed by atoms with Gasteiger partial charge in [-0.3, -0.25) is 9.59 Å². The first-order chi connectivity index (χ1) is 8.09. The van der Waals surface area contributed by atoms with Crippen molar-refractivity contribution in [2.45, 2.75) is 12.2 Å². The Labute approximate surface area is 112 Å². The van der Waals surface area contributed by atoms with Crippen LogP contribution in [0.25, 0.3) is 0 Å². The summed E-state index contributed by atoms with van der Waals surface area (Å²) in [5.74, 6) is -0.190. The molecule has 0 radical (unpaired) electrons. The van der Waals surface area contributed by atoms with Crippen LogP contribution in [0.3, 0.4) is 0 Å². The van der Waals surface area contributed by atoms with E-state index in [0.717, 1.165) is 0 Å². The lowest BCUT2D eigenvalue weighted by Gasteiger charge is -2.02. The summed E-state index contributed by atoms with van der Waals surface area (Å²) in [6.45, 7) is 1.81. The van der Waals surface area contributed by atoms with Crippen molar-refractivity contribution in [1.29, 1.82) is 0 Å². The molecular weight excluding hydrogens is 302 g/mol. The van der Waals surface area contributed by atoms with Crippen LogP contribution in [0, 0.1) is 0 Å². The second kappa shape index (κ2) is 5.06. The Balaban J connectivity index is 2.27. The van der Waals surface area contributed by atoms with Crippen LogP contribution in [0.2, 0.25) is 0 Å². The Morgan fingerprint density at radius 2 is 2.00 bits per heavy atom. The molecule has 0 spiro atoms. The lowest BCUT2D eigenvalue weighted by Crippen LogP contribution is -2.20. The second-order valence-corrected chi connectivity index (χ2v) is 5.73. The third kappa shape index (κ3) is 2.61. The van der Waals surface area contributed by atoms with Gasteiger partial charge in [0.2, 0.25) is 11.7 Å². The van der Waals surface area contributed by atoms with Crippen molar-refractivity contribution in [1.82, 2.24) is 5.32 Å². The molecule has 1 heterocycles. The number of carbonyl (C=O) groups excluding carboxylic acids is 2. The zero-order valence-corrected chi connectivity index (χ0v) is 11.5. The molecule has 88 valence electrons. The maximum absolute atomic E-state index is 12.1. The number of benzene rings is 1. The zero-order chi connectivity index (χ0) is 12.4. The number of halogens is 1. The Morgan fingerprint density at radius 1 is 1.35 bits per heavy atom. The van der Waals surface area contributed by atoms with E-state index in [9.17, 15) is 9.59 Å². The van der Waals surface area contributed by atoms with Gasteiger partial charge in [-0.05, 0) is 22.9 Å². The average molecular weight is 312 g/mol. The van der Waals surface area contributed by atoms with Crippen LogP contribution in [0.15, 0.2) is 39.8 Å². The summed E-state index contributed by atoms with van der Waals surface area (Å²) in [7, 11) is 0. The monoisotopic (exact) mass is 311 g/mol. The van der Waals surface area contributed by atoms with Gasteiger partial charge in [0.15, 0.2) is 0 Å². The normalized spacial score (nSPS) is 22.2. The van der Waals surface area contributed by atoms with Crippen molar-refractivity contribution in [3.05, 3.63) is 45.4 Å². The van der Waals surface area contributed by atoms with Crippen LogP contribution in [0.1, 0.15) is 17.3 Å². The molecule has 0 aliphatic carbocycles. The van der Waals surface area contributed by atoms with Crippen molar-refractivity contribution < 1.29 is 9.59 Å². The molecule has 1 aliphatic heterocycles. The van der Waals surface area contributed by atoms with Crippen LogP contribution in [-0.2, 0) is 4.79 Å². The van der Waals surface area contributed by atoms with Gasteiger partial charge >= 0.3 is 0 Å². The number of carbonyl (C=O) groups is 2. The van der Waals surface area contributed by atoms with Gasteiger partial charge in [0.05, 0.1) is 14.8 Å². The molecule has 1 aromatic carbocycles. The van der Waals surface area contributed by atoms with E-state index in [1.807, 2.05) is 6.07 Å². The molecule has 1 aliphatic rings. The standard InChI is InChI=1S/C12H10BrNO2S/c1-7-11(16)14-12(17-7)9(13)10(15)8-5-3-2-4-6-8/h2-7H,1H3,(H,14,16)/b12-9-. The SMILES string of the molecule is CC1S/C(=C(\Br)C(=O)c2ccccc2)NC1=O. The maximum Gasteiger partial charge on any atom is 0.238 e. The fraction of sp³-hybridized carbons (Fsp3) is 0.167. The number of ketones is 1. The van der Waals surface area contributed by atoms with Crippen molar-refractivity contribution in [2.24, 2.45) is 0 Å². The fourth-order valence-electron chi connectivity index (χ4n) is 1.40. The highest BCUT2D eigenvalue weighted by Gasteiger charge is 2.28. The number of rotatable bonds is 2. The largest absolute Gasteiger partial charge is 0.319 e. The summed E-state index contributed by atoms with van der Waals surface area (Å²) in [4.78, 5) is 23.4. The Kier molecular flexibility index (Phi) is 3.69. The van der Waals surface area contributed by atoms with Gasteiger partial charge in [0, 0.05) is 5.56 Å². The number of amides is 1. The van der Waals surface area contributed by atoms with Gasteiger partial charge < -0.3 is 5.32 Å². The quantitative estimate of drug-likeness (QED) is 0.674. The number of Topliss-reactive ketones (excluding diaryl/α,β-unsaturated/α-hetero) is 1. The Hall–Kier alpha value is -1.07. The van der Waals surface area contributed by atoms with Gasteiger partial charge in [-0.25, -0.2) is 0 Å². The smallest absolute Gasteiger partial charge is 0.238 e. The Bertz CT molecular complexity index is 498. The van der Waals surface area contributed by atoms with Crippen LogP contribution in [0.5, 0.6) is 0 Å². The lowest BCUT2D eigenvalue weighted by molar-refractivity contribution is -0.118. The zero-order valence-electron chi connectivity index (χ0n) is 9.07. The minimum atomic E-state index is -0.152. The molecule has 1 unspecified atom stereocenters. The molecule has 5 heteroatoms. The molecule has 1 N–H and O–H groups in total. The fourth-order valence-corrected chi connectivity index (χ4v) is 2.88. The van der Waals surface area contributed by atoms with E-state index in [-0.39, 0.29) is 16.9 Å². The first-order valence-corrected chi connectivity index (χ1v) is 6.74. The van der Waals surface area contributed by atoms with E-state index < -0.39 is 0 Å². The molecule has 0 aromatic heterocycles. The van der Waals surface area contributed by atoms with Crippen LogP contribution < -0.4 is 5.32 Å². The van der Waals surface area contributed by atoms with Gasteiger partial charge in [0.1, 0.15) is 0 Å². The van der Waals surface area contributed by atoms with E-state index in [1.165, 1.54) is 11.8 Å². The summed E-state index contributed by atoms with van der Waals surface area (Å²) in [6, 6.07) is 8.96. The molecule has 1 fully saturated rings. The van der Waals surface area contributed by atoms with Gasteiger partial charge in [0.25, 0.3) is 0 Å².